The van der Waals surface area contributed by atoms with E-state index in [-0.39, 0.29) is 6.04 Å². The van der Waals surface area contributed by atoms with Crippen LogP contribution in [-0.2, 0) is 0 Å². The Balaban J connectivity index is 2.32. The number of rotatable bonds is 6. The standard InChI is InChI=1S/C14H17ClN2OS/c1-2-9-18-11-6-4-3-5-10(11)14(17-16)12-7-8-13(15)19-12/h3-8,14,17H,2,9,16H2,1H3. The Morgan fingerprint density at radius 1 is 1.32 bits per heavy atom. The van der Waals surface area contributed by atoms with Gasteiger partial charge in [0, 0.05) is 10.4 Å². The van der Waals surface area contributed by atoms with Gasteiger partial charge in [0.05, 0.1) is 17.0 Å². The highest BCUT2D eigenvalue weighted by Crippen LogP contribution is 2.34. The van der Waals surface area contributed by atoms with Crippen molar-refractivity contribution in [2.45, 2.75) is 19.4 Å². The van der Waals surface area contributed by atoms with Crippen LogP contribution in [0.2, 0.25) is 4.34 Å². The molecule has 0 saturated heterocycles. The van der Waals surface area contributed by atoms with Crippen molar-refractivity contribution in [3.05, 3.63) is 51.2 Å². The van der Waals surface area contributed by atoms with Gasteiger partial charge in [0.2, 0.25) is 0 Å². The number of ether oxygens (including phenoxy) is 1. The van der Waals surface area contributed by atoms with E-state index in [1.807, 2.05) is 36.4 Å². The second-order valence-electron chi connectivity index (χ2n) is 4.13. The maximum Gasteiger partial charge on any atom is 0.124 e. The summed E-state index contributed by atoms with van der Waals surface area (Å²) in [7, 11) is 0. The van der Waals surface area contributed by atoms with Crippen molar-refractivity contribution in [2.24, 2.45) is 5.84 Å². The minimum Gasteiger partial charge on any atom is -0.493 e. The lowest BCUT2D eigenvalue weighted by Crippen LogP contribution is -2.28. The van der Waals surface area contributed by atoms with E-state index < -0.39 is 0 Å². The van der Waals surface area contributed by atoms with E-state index >= 15 is 0 Å². The number of para-hydroxylation sites is 1. The van der Waals surface area contributed by atoms with E-state index in [1.165, 1.54) is 11.3 Å². The fourth-order valence-corrected chi connectivity index (χ4v) is 3.01. The highest BCUT2D eigenvalue weighted by molar-refractivity contribution is 7.16. The Bertz CT molecular complexity index is 530. The molecule has 0 fully saturated rings. The highest BCUT2D eigenvalue weighted by atomic mass is 35.5. The molecule has 0 spiro atoms. The van der Waals surface area contributed by atoms with Gasteiger partial charge in [-0.3, -0.25) is 5.84 Å². The molecule has 19 heavy (non-hydrogen) atoms. The average Bonchev–Trinajstić information content (AvgIpc) is 2.85. The van der Waals surface area contributed by atoms with Gasteiger partial charge in [-0.25, -0.2) is 5.43 Å². The third kappa shape index (κ3) is 3.48. The summed E-state index contributed by atoms with van der Waals surface area (Å²) in [6.07, 6.45) is 0.972. The Labute approximate surface area is 122 Å². The molecule has 3 nitrogen and oxygen atoms in total. The maximum absolute atomic E-state index is 5.99. The normalized spacial score (nSPS) is 12.4. The van der Waals surface area contributed by atoms with Crippen molar-refractivity contribution in [1.82, 2.24) is 5.43 Å². The molecule has 0 aliphatic heterocycles. The maximum atomic E-state index is 5.99. The number of nitrogens with one attached hydrogen (secondary N) is 1. The van der Waals surface area contributed by atoms with Crippen LogP contribution < -0.4 is 16.0 Å². The lowest BCUT2D eigenvalue weighted by Gasteiger charge is -2.18. The summed E-state index contributed by atoms with van der Waals surface area (Å²) in [4.78, 5) is 1.07. The summed E-state index contributed by atoms with van der Waals surface area (Å²) >= 11 is 7.51. The zero-order valence-corrected chi connectivity index (χ0v) is 12.3. The molecule has 0 aliphatic carbocycles. The topological polar surface area (TPSA) is 47.3 Å². The number of benzene rings is 1. The molecule has 102 valence electrons. The molecule has 2 rings (SSSR count). The van der Waals surface area contributed by atoms with E-state index in [0.29, 0.717) is 6.61 Å². The molecule has 0 bridgehead atoms. The van der Waals surface area contributed by atoms with E-state index in [1.54, 1.807) is 0 Å². The highest BCUT2D eigenvalue weighted by Gasteiger charge is 2.18. The van der Waals surface area contributed by atoms with Crippen LogP contribution in [0.1, 0.15) is 29.8 Å². The van der Waals surface area contributed by atoms with Crippen LogP contribution in [-0.4, -0.2) is 6.61 Å². The summed E-state index contributed by atoms with van der Waals surface area (Å²) in [5.41, 5.74) is 3.86. The SMILES string of the molecule is CCCOc1ccccc1C(NN)c1ccc(Cl)s1. The fourth-order valence-electron chi connectivity index (χ4n) is 1.87. The Kier molecular flexibility index (Phi) is 5.22. The smallest absolute Gasteiger partial charge is 0.124 e. The molecule has 1 heterocycles. The van der Waals surface area contributed by atoms with Gasteiger partial charge < -0.3 is 4.74 Å². The van der Waals surface area contributed by atoms with Crippen LogP contribution in [0.3, 0.4) is 0 Å². The predicted octanol–water partition coefficient (Wildman–Crippen LogP) is 3.74. The van der Waals surface area contributed by atoms with Gasteiger partial charge in [-0.2, -0.15) is 0 Å². The first kappa shape index (κ1) is 14.3. The summed E-state index contributed by atoms with van der Waals surface area (Å²) in [6, 6.07) is 11.7. The number of nitrogens with two attached hydrogens (primary N) is 1. The van der Waals surface area contributed by atoms with Crippen molar-refractivity contribution in [3.63, 3.8) is 0 Å². The first-order chi connectivity index (χ1) is 9.26. The van der Waals surface area contributed by atoms with Gasteiger partial charge >= 0.3 is 0 Å². The second kappa shape index (κ2) is 6.91. The van der Waals surface area contributed by atoms with Crippen LogP contribution in [0.25, 0.3) is 0 Å². The van der Waals surface area contributed by atoms with Crippen LogP contribution in [0.15, 0.2) is 36.4 Å². The molecule has 0 aliphatic rings. The number of thiophene rings is 1. The van der Waals surface area contributed by atoms with Gasteiger partial charge in [0.1, 0.15) is 5.75 Å². The summed E-state index contributed by atoms with van der Waals surface area (Å²) < 4.78 is 6.53. The van der Waals surface area contributed by atoms with Crippen LogP contribution >= 0.6 is 22.9 Å². The molecular formula is C14H17ClN2OS. The molecule has 1 aromatic carbocycles. The third-order valence-electron chi connectivity index (χ3n) is 2.74. The Morgan fingerprint density at radius 2 is 2.11 bits per heavy atom. The number of hydrogen-bond donors (Lipinski definition) is 2. The molecular weight excluding hydrogens is 280 g/mol. The van der Waals surface area contributed by atoms with E-state index in [4.69, 9.17) is 22.2 Å². The molecule has 2 aromatic rings. The van der Waals surface area contributed by atoms with Crippen LogP contribution in [0.4, 0.5) is 0 Å². The number of hydrogen-bond acceptors (Lipinski definition) is 4. The zero-order valence-electron chi connectivity index (χ0n) is 10.7. The summed E-state index contributed by atoms with van der Waals surface area (Å²) in [5, 5.41) is 0. The van der Waals surface area contributed by atoms with Gasteiger partial charge in [-0.1, -0.05) is 36.7 Å². The minimum absolute atomic E-state index is 0.106. The molecule has 5 heteroatoms. The fraction of sp³-hybridized carbons (Fsp3) is 0.286. The van der Waals surface area contributed by atoms with E-state index in [2.05, 4.69) is 12.3 Å². The van der Waals surface area contributed by atoms with Crippen molar-refractivity contribution < 1.29 is 4.74 Å². The van der Waals surface area contributed by atoms with E-state index in [9.17, 15) is 0 Å². The lowest BCUT2D eigenvalue weighted by molar-refractivity contribution is 0.312. The lowest BCUT2D eigenvalue weighted by atomic mass is 10.0. The molecule has 1 aromatic heterocycles. The van der Waals surface area contributed by atoms with Crippen LogP contribution in [0, 0.1) is 0 Å². The molecule has 1 unspecified atom stereocenters. The molecule has 1 atom stereocenters. The van der Waals surface area contributed by atoms with Gasteiger partial charge in [-0.05, 0) is 24.6 Å². The summed E-state index contributed by atoms with van der Waals surface area (Å²) in [5.74, 6) is 6.56. The van der Waals surface area contributed by atoms with E-state index in [0.717, 1.165) is 26.9 Å². The largest absolute Gasteiger partial charge is 0.493 e. The number of hydrazine groups is 1. The molecule has 0 amide bonds. The van der Waals surface area contributed by atoms with Crippen LogP contribution in [0.5, 0.6) is 5.75 Å². The number of halogens is 1. The first-order valence-corrected chi connectivity index (χ1v) is 7.38. The van der Waals surface area contributed by atoms with Gasteiger partial charge in [0.15, 0.2) is 0 Å². The second-order valence-corrected chi connectivity index (χ2v) is 5.87. The predicted molar refractivity (Wildman–Crippen MR) is 80.7 cm³/mol. The molecule has 0 radical (unpaired) electrons. The Morgan fingerprint density at radius 3 is 2.74 bits per heavy atom. The summed E-state index contributed by atoms with van der Waals surface area (Å²) in [6.45, 7) is 2.78. The zero-order chi connectivity index (χ0) is 13.7. The average molecular weight is 297 g/mol. The van der Waals surface area contributed by atoms with Crippen molar-refractivity contribution in [1.29, 1.82) is 0 Å². The van der Waals surface area contributed by atoms with Gasteiger partial charge in [-0.15, -0.1) is 11.3 Å². The van der Waals surface area contributed by atoms with Crippen molar-refractivity contribution >= 4 is 22.9 Å². The monoisotopic (exact) mass is 296 g/mol. The Hall–Kier alpha value is -1.07. The van der Waals surface area contributed by atoms with Crippen molar-refractivity contribution in [3.8, 4) is 5.75 Å². The van der Waals surface area contributed by atoms with Crippen molar-refractivity contribution in [2.75, 3.05) is 6.61 Å². The molecule has 0 saturated carbocycles. The third-order valence-corrected chi connectivity index (χ3v) is 4.03. The first-order valence-electron chi connectivity index (χ1n) is 6.19. The molecule has 3 N–H and O–H groups in total. The van der Waals surface area contributed by atoms with Gasteiger partial charge in [0.25, 0.3) is 0 Å². The minimum atomic E-state index is -0.106. The quantitative estimate of drug-likeness (QED) is 0.630.